The van der Waals surface area contributed by atoms with Gasteiger partial charge < -0.3 is 40.7 Å². The quantitative estimate of drug-likeness (QED) is 0.318. The number of thioether (sulfide) groups is 1. The number of para-hydroxylation sites is 1. The summed E-state index contributed by atoms with van der Waals surface area (Å²) in [4.78, 5) is 102. The van der Waals surface area contributed by atoms with Crippen LogP contribution in [-0.4, -0.2) is 123 Å². The number of anilines is 1. The van der Waals surface area contributed by atoms with Crippen LogP contribution in [0.3, 0.4) is 0 Å². The molecule has 4 aliphatic heterocycles. The Balaban J connectivity index is 1.32. The van der Waals surface area contributed by atoms with E-state index in [1.54, 1.807) is 61.5 Å². The number of carbonyl (C=O) groups is 7. The largest absolute Gasteiger partial charge is 0.458 e. The zero-order valence-electron chi connectivity index (χ0n) is 31.3. The Hall–Kier alpha value is -5.12. The fourth-order valence-electron chi connectivity index (χ4n) is 7.70. The molecule has 15 nitrogen and oxygen atoms in total. The normalized spacial score (nSPS) is 28.3. The molecule has 6 rings (SSSR count). The van der Waals surface area contributed by atoms with Crippen molar-refractivity contribution in [3.63, 3.8) is 0 Å². The molecule has 55 heavy (non-hydrogen) atoms. The van der Waals surface area contributed by atoms with Crippen LogP contribution in [0.25, 0.3) is 0 Å². The molecular weight excluding hydrogens is 727 g/mol. The van der Waals surface area contributed by atoms with Crippen LogP contribution in [0.4, 0.5) is 10.5 Å². The second kappa shape index (κ2) is 17.6. The standard InChI is InChI=1S/C39H49N7O8S/c1-23-18-30-38(52)54-25(3)32(43-33(47)28(19-26-12-6-4-7-13-26)42-39(53)41-27-14-8-5-9-15-27)37(51)46-22-55-21-31(46)36(50)44-17-11-10-16-29(44)34(48)40-24(2)35(49)45(30)20-23/h4-9,12-15,23-25,28-32H,10-11,16-22H2,1-3H3,(H,40,48)(H,43,47)(H2,41,42,53)/t23-,24+,25+,28+,29+,30+,31+,32+/m1/s1. The molecule has 0 spiro atoms. The summed E-state index contributed by atoms with van der Waals surface area (Å²) in [6.07, 6.45) is 0.894. The Kier molecular flexibility index (Phi) is 12.6. The Morgan fingerprint density at radius 2 is 1.56 bits per heavy atom. The first-order valence-corrected chi connectivity index (χ1v) is 20.0. The number of urea groups is 1. The van der Waals surface area contributed by atoms with Gasteiger partial charge in [0, 0.05) is 31.0 Å². The number of esters is 1. The van der Waals surface area contributed by atoms with E-state index in [1.807, 2.05) is 13.0 Å². The number of carbonyl (C=O) groups excluding carboxylic acids is 7. The number of hydrogen-bond acceptors (Lipinski definition) is 9. The number of rotatable bonds is 6. The monoisotopic (exact) mass is 775 g/mol. The van der Waals surface area contributed by atoms with Gasteiger partial charge in [-0.05, 0) is 63.1 Å². The van der Waals surface area contributed by atoms with Crippen LogP contribution in [0.5, 0.6) is 0 Å². The number of amides is 7. The molecule has 4 saturated heterocycles. The van der Waals surface area contributed by atoms with E-state index in [2.05, 4.69) is 21.3 Å². The van der Waals surface area contributed by atoms with Gasteiger partial charge in [0.05, 0.1) is 5.88 Å². The van der Waals surface area contributed by atoms with E-state index in [0.29, 0.717) is 37.9 Å². The number of cyclic esters (lactones) is 1. The van der Waals surface area contributed by atoms with Gasteiger partial charge in [0.15, 0.2) is 0 Å². The molecule has 16 heteroatoms. The molecule has 2 aromatic carbocycles. The summed E-state index contributed by atoms with van der Waals surface area (Å²) in [5.41, 5.74) is 1.24. The van der Waals surface area contributed by atoms with Crippen molar-refractivity contribution < 1.29 is 38.3 Å². The number of ether oxygens (including phenoxy) is 1. The molecular formula is C39H49N7O8S. The van der Waals surface area contributed by atoms with Crippen molar-refractivity contribution in [2.24, 2.45) is 5.92 Å². The Morgan fingerprint density at radius 1 is 0.855 bits per heavy atom. The molecule has 4 N–H and O–H groups in total. The van der Waals surface area contributed by atoms with Gasteiger partial charge in [-0.15, -0.1) is 11.8 Å². The van der Waals surface area contributed by atoms with E-state index in [0.717, 1.165) is 5.56 Å². The van der Waals surface area contributed by atoms with E-state index in [1.165, 1.54) is 33.4 Å². The molecule has 0 bridgehead atoms. The van der Waals surface area contributed by atoms with Gasteiger partial charge in [0.1, 0.15) is 42.4 Å². The van der Waals surface area contributed by atoms with E-state index in [9.17, 15) is 33.6 Å². The summed E-state index contributed by atoms with van der Waals surface area (Å²) < 4.78 is 5.94. The fraction of sp³-hybridized carbons (Fsp3) is 0.513. The Labute approximate surface area is 324 Å². The van der Waals surface area contributed by atoms with Crippen molar-refractivity contribution in [2.45, 2.75) is 95.2 Å². The molecule has 0 aromatic heterocycles. The van der Waals surface area contributed by atoms with Gasteiger partial charge in [-0.1, -0.05) is 55.5 Å². The minimum absolute atomic E-state index is 0.0559. The number of nitrogens with one attached hydrogen (secondary N) is 4. The van der Waals surface area contributed by atoms with Crippen LogP contribution < -0.4 is 21.3 Å². The van der Waals surface area contributed by atoms with Crippen LogP contribution in [0.2, 0.25) is 0 Å². The average molecular weight is 776 g/mol. The van der Waals surface area contributed by atoms with E-state index in [4.69, 9.17) is 4.74 Å². The molecule has 0 radical (unpaired) electrons. The molecule has 294 valence electrons. The highest BCUT2D eigenvalue weighted by Crippen LogP contribution is 2.29. The molecule has 0 aliphatic carbocycles. The lowest BCUT2D eigenvalue weighted by Crippen LogP contribution is -2.63. The first-order chi connectivity index (χ1) is 26.4. The molecule has 0 saturated carbocycles. The smallest absolute Gasteiger partial charge is 0.329 e. The highest BCUT2D eigenvalue weighted by Gasteiger charge is 2.47. The van der Waals surface area contributed by atoms with Crippen LogP contribution in [0, 0.1) is 5.92 Å². The Bertz CT molecular complexity index is 1770. The van der Waals surface area contributed by atoms with Gasteiger partial charge in [0.25, 0.3) is 0 Å². The van der Waals surface area contributed by atoms with Gasteiger partial charge in [0.2, 0.25) is 29.5 Å². The van der Waals surface area contributed by atoms with Crippen molar-refractivity contribution in [3.8, 4) is 0 Å². The molecule has 4 fully saturated rings. The lowest BCUT2D eigenvalue weighted by molar-refractivity contribution is -0.163. The number of hydrogen-bond donors (Lipinski definition) is 4. The summed E-state index contributed by atoms with van der Waals surface area (Å²) in [6.45, 7) is 5.51. The minimum atomic E-state index is -1.47. The van der Waals surface area contributed by atoms with Crippen LogP contribution >= 0.6 is 11.8 Å². The van der Waals surface area contributed by atoms with Gasteiger partial charge in [-0.3, -0.25) is 24.0 Å². The van der Waals surface area contributed by atoms with E-state index in [-0.39, 0.29) is 30.5 Å². The highest BCUT2D eigenvalue weighted by atomic mass is 32.2. The summed E-state index contributed by atoms with van der Waals surface area (Å²) in [6, 6.07) is 10.7. The predicted molar refractivity (Wildman–Crippen MR) is 204 cm³/mol. The maximum atomic E-state index is 14.7. The zero-order valence-corrected chi connectivity index (χ0v) is 32.1. The first kappa shape index (κ1) is 39.6. The highest BCUT2D eigenvalue weighted by molar-refractivity contribution is 7.99. The third kappa shape index (κ3) is 9.23. The number of nitrogens with zero attached hydrogens (tertiary/aromatic N) is 3. The van der Waals surface area contributed by atoms with Crippen LogP contribution in [0.1, 0.15) is 52.0 Å². The average Bonchev–Trinajstić information content (AvgIpc) is 3.83. The Morgan fingerprint density at radius 3 is 2.29 bits per heavy atom. The summed E-state index contributed by atoms with van der Waals surface area (Å²) in [5.74, 6) is -3.15. The summed E-state index contributed by atoms with van der Waals surface area (Å²) >= 11 is 1.36. The van der Waals surface area contributed by atoms with Gasteiger partial charge in [-0.2, -0.15) is 0 Å². The van der Waals surface area contributed by atoms with Gasteiger partial charge in [-0.25, -0.2) is 9.59 Å². The summed E-state index contributed by atoms with van der Waals surface area (Å²) in [5, 5.41) is 11.0. The van der Waals surface area contributed by atoms with E-state index < -0.39 is 83.9 Å². The maximum Gasteiger partial charge on any atom is 0.329 e. The molecule has 2 aromatic rings. The van der Waals surface area contributed by atoms with Gasteiger partial charge >= 0.3 is 12.0 Å². The molecule has 4 aliphatic rings. The summed E-state index contributed by atoms with van der Waals surface area (Å²) in [7, 11) is 0. The van der Waals surface area contributed by atoms with Crippen molar-refractivity contribution in [1.82, 2.24) is 30.7 Å². The third-order valence-electron chi connectivity index (χ3n) is 10.6. The third-order valence-corrected chi connectivity index (χ3v) is 11.6. The van der Waals surface area contributed by atoms with Crippen molar-refractivity contribution in [3.05, 3.63) is 66.2 Å². The molecule has 0 unspecified atom stereocenters. The molecule has 7 amide bonds. The lowest BCUT2D eigenvalue weighted by Gasteiger charge is -2.39. The van der Waals surface area contributed by atoms with Crippen molar-refractivity contribution in [1.29, 1.82) is 0 Å². The fourth-order valence-corrected chi connectivity index (χ4v) is 8.86. The van der Waals surface area contributed by atoms with Crippen LogP contribution in [0.15, 0.2) is 60.7 Å². The zero-order chi connectivity index (χ0) is 39.2. The van der Waals surface area contributed by atoms with E-state index >= 15 is 0 Å². The number of piperidine rings is 1. The lowest BCUT2D eigenvalue weighted by atomic mass is 9.99. The van der Waals surface area contributed by atoms with Crippen LogP contribution in [-0.2, 0) is 39.9 Å². The second-order valence-corrected chi connectivity index (χ2v) is 15.8. The number of fused-ring (bicyclic) bond motifs is 3. The maximum absolute atomic E-state index is 14.7. The SMILES string of the molecule is C[C@@H]1C[C@H]2C(=O)O[C@@H](C)[C@H](NC(=O)[C@H](Cc3ccccc3)NC(=O)Nc3ccccc3)C(=O)N3CSC[C@H]3C(=O)N3CCCC[C@H]3C(=O)N[C@@H](C)C(=O)N2C1. The second-order valence-electron chi connectivity index (χ2n) is 14.8. The van der Waals surface area contributed by atoms with Crippen molar-refractivity contribution >= 4 is 59.0 Å². The topological polar surface area (TPSA) is 187 Å². The first-order valence-electron chi connectivity index (χ1n) is 18.9. The minimum Gasteiger partial charge on any atom is -0.458 e. The number of benzene rings is 2. The molecule has 8 atom stereocenters. The predicted octanol–water partition coefficient (Wildman–Crippen LogP) is 1.87. The van der Waals surface area contributed by atoms with Crippen molar-refractivity contribution in [2.75, 3.05) is 30.0 Å². The molecule has 4 heterocycles.